The zero-order valence-electron chi connectivity index (χ0n) is 27.2. The molecule has 1 aromatic heterocycles. The minimum absolute atomic E-state index is 0.0347. The third kappa shape index (κ3) is 5.06. The lowest BCUT2D eigenvalue weighted by molar-refractivity contribution is -0.145. The van der Waals surface area contributed by atoms with Gasteiger partial charge in [-0.15, -0.1) is 11.7 Å². The van der Waals surface area contributed by atoms with Gasteiger partial charge in [-0.25, -0.2) is 0 Å². The molecule has 7 rings (SSSR count). The predicted octanol–water partition coefficient (Wildman–Crippen LogP) is 6.30. The van der Waals surface area contributed by atoms with Crippen LogP contribution in [0.3, 0.4) is 0 Å². The van der Waals surface area contributed by atoms with Gasteiger partial charge in [0, 0.05) is 55.0 Å². The lowest BCUT2D eigenvalue weighted by Gasteiger charge is -2.31. The minimum Gasteiger partial charge on any atom is -0.454 e. The average Bonchev–Trinajstić information content (AvgIpc) is 3.68. The van der Waals surface area contributed by atoms with Gasteiger partial charge in [0.25, 0.3) is 11.8 Å². The highest BCUT2D eigenvalue weighted by atomic mass is 28.4. The van der Waals surface area contributed by atoms with Crippen LogP contribution >= 0.6 is 0 Å². The third-order valence-corrected chi connectivity index (χ3v) is 12.2. The zero-order valence-corrected chi connectivity index (χ0v) is 28.2. The maximum Gasteiger partial charge on any atom is 0.266 e. The van der Waals surface area contributed by atoms with Gasteiger partial charge in [-0.2, -0.15) is 0 Å². The number of carbonyl (C=O) groups is 2. The molecule has 0 saturated carbocycles. The first-order chi connectivity index (χ1) is 23.1. The van der Waals surface area contributed by atoms with E-state index in [4.69, 9.17) is 9.47 Å². The van der Waals surface area contributed by atoms with Gasteiger partial charge >= 0.3 is 0 Å². The fourth-order valence-corrected chi connectivity index (χ4v) is 10.3. The summed E-state index contributed by atoms with van der Waals surface area (Å²) in [5.74, 6) is -0.0932. The van der Waals surface area contributed by atoms with Gasteiger partial charge in [0.1, 0.15) is 5.75 Å². The molecule has 3 aliphatic heterocycles. The normalized spacial score (nSPS) is 23.1. The molecule has 2 amide bonds. The summed E-state index contributed by atoms with van der Waals surface area (Å²) >= 11 is 0. The molecule has 3 aromatic carbocycles. The molecule has 1 fully saturated rings. The van der Waals surface area contributed by atoms with Crippen LogP contribution in [0.1, 0.15) is 35.0 Å². The first-order valence-electron chi connectivity index (χ1n) is 16.2. The van der Waals surface area contributed by atoms with Crippen molar-refractivity contribution < 1.29 is 28.3 Å². The highest BCUT2D eigenvalue weighted by Crippen LogP contribution is 2.61. The number of carbonyl (C=O) groups excluding carboxylic acids is 2. The van der Waals surface area contributed by atoms with Crippen molar-refractivity contribution in [3.8, 4) is 11.5 Å². The second kappa shape index (κ2) is 12.1. The molecule has 1 saturated heterocycles. The SMILES string of the molecule is C=CCN1C(=O)[C@@]2(O[C@@H](CCn3cc(CCO)nn3)[C@H]([Si](C)(C)F)[C@H]2C)c2cc(N3C(=O)c4ccccc4Oc4ccccc43)ccc21. The molecule has 248 valence electrons. The highest BCUT2D eigenvalue weighted by molar-refractivity contribution is 6.72. The van der Waals surface area contributed by atoms with Gasteiger partial charge in [-0.1, -0.05) is 42.5 Å². The quantitative estimate of drug-likeness (QED) is 0.127. The van der Waals surface area contributed by atoms with E-state index in [1.807, 2.05) is 55.5 Å². The number of aliphatic hydroxyl groups excluding tert-OH is 1. The largest absolute Gasteiger partial charge is 0.454 e. The van der Waals surface area contributed by atoms with Crippen molar-refractivity contribution in [1.82, 2.24) is 15.0 Å². The van der Waals surface area contributed by atoms with Gasteiger partial charge in [0.05, 0.1) is 28.7 Å². The first-order valence-corrected chi connectivity index (χ1v) is 19.2. The Bertz CT molecular complexity index is 1910. The molecule has 0 radical (unpaired) electrons. The smallest absolute Gasteiger partial charge is 0.266 e. The number of benzene rings is 3. The summed E-state index contributed by atoms with van der Waals surface area (Å²) in [6, 6.07) is 19.9. The van der Waals surface area contributed by atoms with Crippen molar-refractivity contribution in [2.24, 2.45) is 5.92 Å². The Morgan fingerprint density at radius 3 is 2.56 bits per heavy atom. The van der Waals surface area contributed by atoms with Crippen molar-refractivity contribution in [2.75, 3.05) is 23.0 Å². The van der Waals surface area contributed by atoms with Crippen LogP contribution in [0.15, 0.2) is 85.6 Å². The molecule has 4 atom stereocenters. The number of para-hydroxylation sites is 3. The van der Waals surface area contributed by atoms with Gasteiger partial charge in [-0.3, -0.25) is 19.2 Å². The molecule has 48 heavy (non-hydrogen) atoms. The lowest BCUT2D eigenvalue weighted by Crippen LogP contribution is -2.45. The molecule has 4 heterocycles. The van der Waals surface area contributed by atoms with Crippen LogP contribution in [-0.2, 0) is 28.1 Å². The molecule has 10 nitrogen and oxygen atoms in total. The molecular weight excluding hydrogens is 630 g/mol. The van der Waals surface area contributed by atoms with Crippen molar-refractivity contribution in [3.63, 3.8) is 0 Å². The van der Waals surface area contributed by atoms with Crippen molar-refractivity contribution in [2.45, 2.75) is 56.7 Å². The summed E-state index contributed by atoms with van der Waals surface area (Å²) in [4.78, 5) is 32.1. The van der Waals surface area contributed by atoms with Crippen molar-refractivity contribution in [3.05, 3.63) is 102 Å². The van der Waals surface area contributed by atoms with E-state index in [9.17, 15) is 14.7 Å². The Hall–Kier alpha value is -4.65. The number of anilines is 3. The van der Waals surface area contributed by atoms with Crippen LogP contribution in [0.2, 0.25) is 18.6 Å². The molecule has 0 aliphatic carbocycles. The fourth-order valence-electron chi connectivity index (χ4n) is 7.76. The highest BCUT2D eigenvalue weighted by Gasteiger charge is 2.66. The number of hydrogen-bond acceptors (Lipinski definition) is 7. The number of halogens is 1. The van der Waals surface area contributed by atoms with Crippen LogP contribution in [0.25, 0.3) is 0 Å². The summed E-state index contributed by atoms with van der Waals surface area (Å²) in [6.45, 7) is 9.75. The van der Waals surface area contributed by atoms with Gasteiger partial charge in [-0.05, 0) is 62.0 Å². The zero-order chi connectivity index (χ0) is 33.8. The number of amides is 2. The van der Waals surface area contributed by atoms with Crippen LogP contribution < -0.4 is 14.5 Å². The van der Waals surface area contributed by atoms with Crippen LogP contribution in [-0.4, -0.2) is 59.6 Å². The molecule has 1 N–H and O–H groups in total. The number of rotatable bonds is 9. The van der Waals surface area contributed by atoms with E-state index in [-0.39, 0.29) is 25.0 Å². The monoisotopic (exact) mass is 667 g/mol. The molecule has 0 bridgehead atoms. The third-order valence-electron chi connectivity index (χ3n) is 9.76. The first kappa shape index (κ1) is 31.9. The number of aliphatic hydroxyl groups is 1. The predicted molar refractivity (Wildman–Crippen MR) is 182 cm³/mol. The molecule has 1 spiro atoms. The van der Waals surface area contributed by atoms with Crippen molar-refractivity contribution >= 4 is 37.3 Å². The summed E-state index contributed by atoms with van der Waals surface area (Å²) in [6.07, 6.45) is 3.65. The average molecular weight is 668 g/mol. The molecule has 12 heteroatoms. The summed E-state index contributed by atoms with van der Waals surface area (Å²) in [5.41, 5.74) is 1.41. The maximum atomic E-state index is 16.4. The molecular formula is C36H38FN5O5Si. The standard InChI is InChI=1S/C36H38FN5O5Si/c1-5-18-41-28-15-14-25(42-29-11-7-9-13-31(29)46-30-12-8-6-10-26(30)34(42)44)21-27(28)36(35(41)45)23(2)33(48(3,4)37)32(47-36)16-19-40-22-24(17-20-43)38-39-40/h5-15,21-23,32-33,43H,1,16-20H2,2-4H3/t23-,32+,33-,36+/m1/s1. The van der Waals surface area contributed by atoms with E-state index < -0.39 is 31.6 Å². The Balaban J connectivity index is 1.33. The molecule has 4 aromatic rings. The van der Waals surface area contributed by atoms with Gasteiger partial charge in [0.2, 0.25) is 8.41 Å². The number of aryl methyl sites for hydroxylation is 1. The van der Waals surface area contributed by atoms with E-state index in [1.165, 1.54) is 0 Å². The summed E-state index contributed by atoms with van der Waals surface area (Å²) < 4.78 is 31.2. The minimum atomic E-state index is -3.41. The molecule has 0 unspecified atom stereocenters. The number of hydrogen-bond donors (Lipinski definition) is 1. The number of aromatic nitrogens is 3. The van der Waals surface area contributed by atoms with Gasteiger partial charge < -0.3 is 23.6 Å². The van der Waals surface area contributed by atoms with Gasteiger partial charge in [0.15, 0.2) is 11.4 Å². The van der Waals surface area contributed by atoms with Crippen LogP contribution in [0.4, 0.5) is 21.2 Å². The van der Waals surface area contributed by atoms with E-state index in [0.717, 1.165) is 0 Å². The maximum absolute atomic E-state index is 16.4. The second-order valence-electron chi connectivity index (χ2n) is 13.1. The topological polar surface area (TPSA) is 110 Å². The number of ether oxygens (including phenoxy) is 2. The summed E-state index contributed by atoms with van der Waals surface area (Å²) in [5, 5.41) is 17.6. The molecule has 3 aliphatic rings. The second-order valence-corrected chi connectivity index (χ2v) is 16.9. The van der Waals surface area contributed by atoms with E-state index in [0.29, 0.717) is 64.8 Å². The van der Waals surface area contributed by atoms with E-state index >= 15 is 4.11 Å². The lowest BCUT2D eigenvalue weighted by atomic mass is 9.82. The van der Waals surface area contributed by atoms with Crippen LogP contribution in [0.5, 0.6) is 11.5 Å². The Kier molecular flexibility index (Phi) is 8.05. The van der Waals surface area contributed by atoms with Crippen molar-refractivity contribution in [1.29, 1.82) is 0 Å². The Morgan fingerprint density at radius 1 is 1.06 bits per heavy atom. The number of fused-ring (bicyclic) bond motifs is 4. The van der Waals surface area contributed by atoms with E-state index in [2.05, 4.69) is 16.9 Å². The fraction of sp³-hybridized carbons (Fsp3) is 0.333. The Morgan fingerprint density at radius 2 is 1.81 bits per heavy atom. The van der Waals surface area contributed by atoms with E-state index in [1.54, 1.807) is 58.0 Å². The summed E-state index contributed by atoms with van der Waals surface area (Å²) in [7, 11) is -3.41. The Labute approximate surface area is 279 Å². The van der Waals surface area contributed by atoms with Crippen LogP contribution in [0, 0.1) is 5.92 Å². The number of nitrogens with zero attached hydrogens (tertiary/aromatic N) is 5.